The van der Waals surface area contributed by atoms with Gasteiger partial charge in [0.2, 0.25) is 6.39 Å². The molecule has 0 spiro atoms. The number of para-hydroxylation sites is 1. The molecule has 4 nitrogen and oxygen atoms in total. The van der Waals surface area contributed by atoms with Gasteiger partial charge in [0.05, 0.1) is 11.7 Å². The molecule has 1 heterocycles. The molecule has 0 aliphatic heterocycles. The van der Waals surface area contributed by atoms with Crippen LogP contribution in [0.1, 0.15) is 13.8 Å². The first-order valence-electron chi connectivity index (χ1n) is 4.79. The van der Waals surface area contributed by atoms with Gasteiger partial charge in [-0.25, -0.2) is 0 Å². The largest absolute Gasteiger partial charge is 0.490 e. The molecule has 0 bridgehead atoms. The Morgan fingerprint density at radius 1 is 1.27 bits per heavy atom. The molecular formula is C11H12N2O2. The smallest absolute Gasteiger partial charge is 0.251 e. The Morgan fingerprint density at radius 3 is 2.73 bits per heavy atom. The van der Waals surface area contributed by atoms with Gasteiger partial charge >= 0.3 is 0 Å². The molecule has 0 aliphatic carbocycles. The molecular weight excluding hydrogens is 192 g/mol. The maximum Gasteiger partial charge on any atom is 0.251 e. The van der Waals surface area contributed by atoms with Crippen LogP contribution in [0.25, 0.3) is 11.5 Å². The third-order valence-corrected chi connectivity index (χ3v) is 1.84. The Morgan fingerprint density at radius 2 is 2.07 bits per heavy atom. The minimum atomic E-state index is 0.120. The lowest BCUT2D eigenvalue weighted by Gasteiger charge is -2.11. The molecule has 4 heteroatoms. The van der Waals surface area contributed by atoms with Crippen molar-refractivity contribution >= 4 is 0 Å². The van der Waals surface area contributed by atoms with Crippen molar-refractivity contribution in [1.29, 1.82) is 0 Å². The summed E-state index contributed by atoms with van der Waals surface area (Å²) in [6.07, 6.45) is 1.43. The van der Waals surface area contributed by atoms with Gasteiger partial charge in [0.25, 0.3) is 5.89 Å². The van der Waals surface area contributed by atoms with Gasteiger partial charge in [-0.1, -0.05) is 12.1 Å². The molecule has 0 unspecified atom stereocenters. The molecule has 2 aromatic rings. The molecule has 0 radical (unpaired) electrons. The number of hydrogen-bond acceptors (Lipinski definition) is 4. The number of rotatable bonds is 3. The molecule has 15 heavy (non-hydrogen) atoms. The Bertz CT molecular complexity index is 424. The highest BCUT2D eigenvalue weighted by Crippen LogP contribution is 2.28. The van der Waals surface area contributed by atoms with E-state index in [9.17, 15) is 0 Å². The van der Waals surface area contributed by atoms with Crippen LogP contribution in [0.5, 0.6) is 5.75 Å². The van der Waals surface area contributed by atoms with Crippen LogP contribution in [0.2, 0.25) is 0 Å². The second-order valence-corrected chi connectivity index (χ2v) is 3.41. The molecule has 0 N–H and O–H groups in total. The van der Waals surface area contributed by atoms with Crippen LogP contribution in [0.4, 0.5) is 0 Å². The Labute approximate surface area is 87.9 Å². The van der Waals surface area contributed by atoms with E-state index >= 15 is 0 Å². The zero-order chi connectivity index (χ0) is 10.7. The predicted octanol–water partition coefficient (Wildman–Crippen LogP) is 2.52. The molecule has 2 rings (SSSR count). The van der Waals surface area contributed by atoms with Crippen LogP contribution in [-0.2, 0) is 0 Å². The van der Waals surface area contributed by atoms with E-state index in [4.69, 9.17) is 9.15 Å². The first-order valence-corrected chi connectivity index (χ1v) is 4.79. The maximum atomic E-state index is 5.64. The SMILES string of the molecule is CC(C)Oc1ccccc1-c1nnco1. The lowest BCUT2D eigenvalue weighted by Crippen LogP contribution is -2.06. The minimum Gasteiger partial charge on any atom is -0.490 e. The average Bonchev–Trinajstić information content (AvgIpc) is 2.70. The second kappa shape index (κ2) is 4.13. The zero-order valence-electron chi connectivity index (χ0n) is 8.68. The van der Waals surface area contributed by atoms with E-state index in [2.05, 4.69) is 10.2 Å². The van der Waals surface area contributed by atoms with Crippen molar-refractivity contribution in [3.8, 4) is 17.2 Å². The summed E-state index contributed by atoms with van der Waals surface area (Å²) in [7, 11) is 0. The van der Waals surface area contributed by atoms with Crippen molar-refractivity contribution in [1.82, 2.24) is 10.2 Å². The lowest BCUT2D eigenvalue weighted by molar-refractivity contribution is 0.243. The standard InChI is InChI=1S/C11H12N2O2/c1-8(2)15-10-6-4-3-5-9(10)11-13-12-7-14-11/h3-8H,1-2H3. The van der Waals surface area contributed by atoms with Crippen LogP contribution >= 0.6 is 0 Å². The molecule has 0 atom stereocenters. The van der Waals surface area contributed by atoms with E-state index in [0.717, 1.165) is 11.3 Å². The van der Waals surface area contributed by atoms with Crippen molar-refractivity contribution in [2.75, 3.05) is 0 Å². The topological polar surface area (TPSA) is 48.2 Å². The van der Waals surface area contributed by atoms with E-state index in [0.29, 0.717) is 5.89 Å². The monoisotopic (exact) mass is 204 g/mol. The number of ether oxygens (including phenoxy) is 1. The van der Waals surface area contributed by atoms with Gasteiger partial charge in [0, 0.05) is 0 Å². The van der Waals surface area contributed by atoms with Crippen LogP contribution < -0.4 is 4.74 Å². The van der Waals surface area contributed by atoms with Gasteiger partial charge in [-0.15, -0.1) is 10.2 Å². The first-order chi connectivity index (χ1) is 7.27. The molecule has 1 aromatic carbocycles. The minimum absolute atomic E-state index is 0.120. The van der Waals surface area contributed by atoms with E-state index in [-0.39, 0.29) is 6.10 Å². The summed E-state index contributed by atoms with van der Waals surface area (Å²) in [5.41, 5.74) is 0.823. The highest BCUT2D eigenvalue weighted by molar-refractivity contribution is 5.62. The first kappa shape index (κ1) is 9.71. The summed E-state index contributed by atoms with van der Waals surface area (Å²) in [6, 6.07) is 7.61. The molecule has 0 fully saturated rings. The summed E-state index contributed by atoms with van der Waals surface area (Å²) in [5.74, 6) is 1.24. The average molecular weight is 204 g/mol. The highest BCUT2D eigenvalue weighted by atomic mass is 16.5. The molecule has 1 aromatic heterocycles. The summed E-state index contributed by atoms with van der Waals surface area (Å²) < 4.78 is 10.8. The number of hydrogen-bond donors (Lipinski definition) is 0. The second-order valence-electron chi connectivity index (χ2n) is 3.41. The van der Waals surface area contributed by atoms with E-state index in [1.807, 2.05) is 38.1 Å². The summed E-state index contributed by atoms with van der Waals surface area (Å²) >= 11 is 0. The van der Waals surface area contributed by atoms with Crippen molar-refractivity contribution in [2.24, 2.45) is 0 Å². The summed E-state index contributed by atoms with van der Waals surface area (Å²) in [6.45, 7) is 3.95. The molecule has 78 valence electrons. The Kier molecular flexibility index (Phi) is 2.67. The fourth-order valence-electron chi connectivity index (χ4n) is 1.29. The van der Waals surface area contributed by atoms with Crippen molar-refractivity contribution in [3.63, 3.8) is 0 Å². The Hall–Kier alpha value is -1.84. The molecule has 0 amide bonds. The van der Waals surface area contributed by atoms with Crippen LogP contribution in [0, 0.1) is 0 Å². The van der Waals surface area contributed by atoms with Gasteiger partial charge in [-0.05, 0) is 26.0 Å². The number of aromatic nitrogens is 2. The molecule has 0 aliphatic rings. The Balaban J connectivity index is 2.38. The third kappa shape index (κ3) is 2.15. The van der Waals surface area contributed by atoms with Crippen molar-refractivity contribution < 1.29 is 9.15 Å². The molecule has 0 saturated carbocycles. The summed E-state index contributed by atoms with van der Waals surface area (Å²) in [4.78, 5) is 0. The molecule has 0 saturated heterocycles. The van der Waals surface area contributed by atoms with Gasteiger partial charge in [0.15, 0.2) is 0 Å². The van der Waals surface area contributed by atoms with Crippen molar-refractivity contribution in [2.45, 2.75) is 20.0 Å². The van der Waals surface area contributed by atoms with E-state index < -0.39 is 0 Å². The highest BCUT2D eigenvalue weighted by Gasteiger charge is 2.10. The van der Waals surface area contributed by atoms with Crippen molar-refractivity contribution in [3.05, 3.63) is 30.7 Å². The van der Waals surface area contributed by atoms with Gasteiger partial charge < -0.3 is 9.15 Å². The van der Waals surface area contributed by atoms with E-state index in [1.54, 1.807) is 0 Å². The van der Waals surface area contributed by atoms with Gasteiger partial charge in [0.1, 0.15) is 5.75 Å². The maximum absolute atomic E-state index is 5.64. The van der Waals surface area contributed by atoms with Crippen LogP contribution in [0.15, 0.2) is 35.1 Å². The number of benzene rings is 1. The van der Waals surface area contributed by atoms with Crippen LogP contribution in [0.3, 0.4) is 0 Å². The normalized spacial score (nSPS) is 10.6. The third-order valence-electron chi connectivity index (χ3n) is 1.84. The van der Waals surface area contributed by atoms with Crippen LogP contribution in [-0.4, -0.2) is 16.3 Å². The van der Waals surface area contributed by atoms with Gasteiger partial charge in [-0.3, -0.25) is 0 Å². The fraction of sp³-hybridized carbons (Fsp3) is 0.273. The van der Waals surface area contributed by atoms with Gasteiger partial charge in [-0.2, -0.15) is 0 Å². The quantitative estimate of drug-likeness (QED) is 0.770. The zero-order valence-corrected chi connectivity index (χ0v) is 8.68. The number of nitrogens with zero attached hydrogens (tertiary/aromatic N) is 2. The fourth-order valence-corrected chi connectivity index (χ4v) is 1.29. The lowest BCUT2D eigenvalue weighted by atomic mass is 10.2. The summed E-state index contributed by atoms with van der Waals surface area (Å²) in [5, 5.41) is 7.50. The van der Waals surface area contributed by atoms with E-state index in [1.165, 1.54) is 6.39 Å². The predicted molar refractivity (Wildman–Crippen MR) is 55.5 cm³/mol.